The third kappa shape index (κ3) is 15.6. The van der Waals surface area contributed by atoms with Crippen molar-refractivity contribution in [1.29, 1.82) is 0 Å². The Hall–Kier alpha value is -2.57. The van der Waals surface area contributed by atoms with Crippen LogP contribution in [0.1, 0.15) is 107 Å². The number of ether oxygens (including phenoxy) is 2. The lowest BCUT2D eigenvalue weighted by Crippen LogP contribution is -2.32. The lowest BCUT2D eigenvalue weighted by Gasteiger charge is -2.21. The van der Waals surface area contributed by atoms with Crippen molar-refractivity contribution in [3.8, 4) is 0 Å². The van der Waals surface area contributed by atoms with Crippen LogP contribution < -0.4 is 0 Å². The number of hydrogen-bond donors (Lipinski definition) is 0. The molecule has 0 bridgehead atoms. The summed E-state index contributed by atoms with van der Waals surface area (Å²) in [7, 11) is 0. The highest BCUT2D eigenvalue weighted by Gasteiger charge is 2.39. The van der Waals surface area contributed by atoms with Gasteiger partial charge >= 0.3 is 18.1 Å². The van der Waals surface area contributed by atoms with Crippen LogP contribution in [0, 0.1) is 11.8 Å². The molecule has 7 heteroatoms. The quantitative estimate of drug-likeness (QED) is 0.319. The van der Waals surface area contributed by atoms with Gasteiger partial charge in [0.15, 0.2) is 6.10 Å². The standard InChI is InChI=1S/C14H16.C9H18O2.C8H13F3O2.CH4/c1-3-11(2)13-9-8-12-6-4-5-7-14(12)10-13;1-6-7(2)8(10)11-9(3,4)5;1-4-5(2)7(12)13-6(3)8(9,10)11;/h4-11H,3H2,1-2H3;7H,6H2,1-5H3;5-6H,4H2,1-3H3;1H4. The Balaban J connectivity index is 0. The summed E-state index contributed by atoms with van der Waals surface area (Å²) < 4.78 is 45.1. The van der Waals surface area contributed by atoms with E-state index in [9.17, 15) is 22.8 Å². The third-order valence-corrected chi connectivity index (χ3v) is 6.15. The minimum absolute atomic E-state index is 0. The summed E-state index contributed by atoms with van der Waals surface area (Å²) in [4.78, 5) is 22.1. The molecule has 0 aliphatic carbocycles. The predicted molar refractivity (Wildman–Crippen MR) is 156 cm³/mol. The second-order valence-electron chi connectivity index (χ2n) is 10.7. The van der Waals surface area contributed by atoms with Gasteiger partial charge in [0.25, 0.3) is 0 Å². The number of rotatable bonds is 7. The molecule has 2 aromatic rings. The van der Waals surface area contributed by atoms with Crippen molar-refractivity contribution in [3.05, 3.63) is 48.0 Å². The summed E-state index contributed by atoms with van der Waals surface area (Å²) in [5, 5.41) is 2.69. The predicted octanol–water partition coefficient (Wildman–Crippen LogP) is 9.89. The first-order valence-electron chi connectivity index (χ1n) is 13.4. The summed E-state index contributed by atoms with van der Waals surface area (Å²) in [5.41, 5.74) is 1.10. The summed E-state index contributed by atoms with van der Waals surface area (Å²) in [6.07, 6.45) is -3.96. The van der Waals surface area contributed by atoms with E-state index in [1.807, 2.05) is 34.6 Å². The van der Waals surface area contributed by atoms with Gasteiger partial charge in [-0.2, -0.15) is 13.2 Å². The fraction of sp³-hybridized carbons (Fsp3) is 0.625. The summed E-state index contributed by atoms with van der Waals surface area (Å²) in [6, 6.07) is 15.3. The number of alkyl halides is 3. The maximum Gasteiger partial charge on any atom is 0.425 e. The molecule has 4 unspecified atom stereocenters. The zero-order valence-corrected chi connectivity index (χ0v) is 24.7. The van der Waals surface area contributed by atoms with Crippen LogP contribution in [0.3, 0.4) is 0 Å². The number of halogens is 3. The van der Waals surface area contributed by atoms with Crippen LogP contribution in [0.2, 0.25) is 0 Å². The highest BCUT2D eigenvalue weighted by atomic mass is 19.4. The molecule has 0 aliphatic heterocycles. The highest BCUT2D eigenvalue weighted by Crippen LogP contribution is 2.24. The van der Waals surface area contributed by atoms with Crippen molar-refractivity contribution in [2.24, 2.45) is 11.8 Å². The van der Waals surface area contributed by atoms with Gasteiger partial charge in [-0.25, -0.2) is 0 Å². The zero-order chi connectivity index (χ0) is 29.7. The van der Waals surface area contributed by atoms with Crippen LogP contribution in [0.15, 0.2) is 42.5 Å². The highest BCUT2D eigenvalue weighted by molar-refractivity contribution is 5.83. The van der Waals surface area contributed by atoms with Gasteiger partial charge < -0.3 is 9.47 Å². The molecule has 0 radical (unpaired) electrons. The molecule has 2 aromatic carbocycles. The van der Waals surface area contributed by atoms with E-state index in [0.717, 1.165) is 13.3 Å². The van der Waals surface area contributed by atoms with Gasteiger partial charge in [-0.3, -0.25) is 9.59 Å². The summed E-state index contributed by atoms with van der Waals surface area (Å²) in [6.45, 7) is 18.1. The van der Waals surface area contributed by atoms with Crippen molar-refractivity contribution in [2.75, 3.05) is 0 Å². The van der Waals surface area contributed by atoms with Crippen molar-refractivity contribution in [3.63, 3.8) is 0 Å². The van der Waals surface area contributed by atoms with Crippen molar-refractivity contribution >= 4 is 22.7 Å². The molecule has 224 valence electrons. The average Bonchev–Trinajstić information content (AvgIpc) is 2.85. The largest absolute Gasteiger partial charge is 0.460 e. The molecule has 0 aliphatic rings. The van der Waals surface area contributed by atoms with Gasteiger partial charge in [-0.1, -0.05) is 91.4 Å². The first-order valence-corrected chi connectivity index (χ1v) is 13.4. The minimum atomic E-state index is -4.47. The molecular formula is C32H51F3O4. The number of esters is 2. The average molecular weight is 557 g/mol. The smallest absolute Gasteiger partial charge is 0.425 e. The van der Waals surface area contributed by atoms with Crippen molar-refractivity contribution in [1.82, 2.24) is 0 Å². The minimum Gasteiger partial charge on any atom is -0.460 e. The molecule has 2 rings (SSSR count). The number of fused-ring (bicyclic) bond motifs is 1. The van der Waals surface area contributed by atoms with E-state index in [2.05, 4.69) is 61.0 Å². The van der Waals surface area contributed by atoms with E-state index in [1.54, 1.807) is 6.92 Å². The first kappa shape index (κ1) is 38.6. The maximum absolute atomic E-state index is 11.9. The molecule has 0 N–H and O–H groups in total. The summed E-state index contributed by atoms with van der Waals surface area (Å²) >= 11 is 0. The Kier molecular flexibility index (Phi) is 17.7. The SMILES string of the molecule is C.CCC(C)C(=O)OC(C)(C)C.CCC(C)C(=O)OC(C)C(F)(F)F.CCC(C)c1ccc2ccccc2c1. The van der Waals surface area contributed by atoms with E-state index in [1.165, 1.54) is 29.7 Å². The van der Waals surface area contributed by atoms with E-state index in [4.69, 9.17) is 4.74 Å². The number of hydrogen-bond acceptors (Lipinski definition) is 4. The fourth-order valence-corrected chi connectivity index (χ4v) is 2.84. The molecule has 4 atom stereocenters. The molecule has 4 nitrogen and oxygen atoms in total. The summed E-state index contributed by atoms with van der Waals surface area (Å²) in [5.74, 6) is -0.689. The second kappa shape index (κ2) is 17.9. The Morgan fingerprint density at radius 3 is 1.69 bits per heavy atom. The van der Waals surface area contributed by atoms with Crippen LogP contribution >= 0.6 is 0 Å². The molecule has 0 saturated carbocycles. The zero-order valence-electron chi connectivity index (χ0n) is 24.7. The molecule has 0 aromatic heterocycles. The number of carbonyl (C=O) groups excluding carboxylic acids is 2. The van der Waals surface area contributed by atoms with E-state index >= 15 is 0 Å². The number of carbonyl (C=O) groups is 2. The normalized spacial score (nSPS) is 14.2. The van der Waals surface area contributed by atoms with Gasteiger partial charge in [0, 0.05) is 0 Å². The van der Waals surface area contributed by atoms with Crippen LogP contribution in [-0.4, -0.2) is 29.8 Å². The Labute approximate surface area is 234 Å². The van der Waals surface area contributed by atoms with Gasteiger partial charge in [-0.15, -0.1) is 0 Å². The van der Waals surface area contributed by atoms with Gasteiger partial charge in [-0.05, 0) is 69.2 Å². The molecule has 0 amide bonds. The van der Waals surface area contributed by atoms with Crippen molar-refractivity contribution < 1.29 is 32.2 Å². The Morgan fingerprint density at radius 1 is 0.769 bits per heavy atom. The van der Waals surface area contributed by atoms with Gasteiger partial charge in [0.2, 0.25) is 0 Å². The molecular weight excluding hydrogens is 505 g/mol. The molecule has 0 heterocycles. The Morgan fingerprint density at radius 2 is 1.26 bits per heavy atom. The molecule has 39 heavy (non-hydrogen) atoms. The molecule has 0 fully saturated rings. The topological polar surface area (TPSA) is 52.6 Å². The van der Waals surface area contributed by atoms with Crippen LogP contribution in [0.5, 0.6) is 0 Å². The lowest BCUT2D eigenvalue weighted by molar-refractivity contribution is -0.218. The second-order valence-corrected chi connectivity index (χ2v) is 10.7. The van der Waals surface area contributed by atoms with Gasteiger partial charge in [0.1, 0.15) is 5.60 Å². The molecule has 0 saturated heterocycles. The maximum atomic E-state index is 11.9. The Bertz CT molecular complexity index is 979. The lowest BCUT2D eigenvalue weighted by atomic mass is 9.96. The van der Waals surface area contributed by atoms with Gasteiger partial charge in [0.05, 0.1) is 11.8 Å². The number of benzene rings is 2. The monoisotopic (exact) mass is 556 g/mol. The van der Waals surface area contributed by atoms with Crippen LogP contribution in [0.25, 0.3) is 10.8 Å². The van der Waals surface area contributed by atoms with E-state index in [-0.39, 0.29) is 24.9 Å². The van der Waals surface area contributed by atoms with E-state index < -0.39 is 24.2 Å². The fourth-order valence-electron chi connectivity index (χ4n) is 2.84. The van der Waals surface area contributed by atoms with Crippen molar-refractivity contribution in [2.45, 2.75) is 120 Å². The van der Waals surface area contributed by atoms with Crippen LogP contribution in [-0.2, 0) is 19.1 Å². The third-order valence-electron chi connectivity index (χ3n) is 6.15. The first-order chi connectivity index (χ1) is 17.5. The van der Waals surface area contributed by atoms with E-state index in [0.29, 0.717) is 12.3 Å². The van der Waals surface area contributed by atoms with Crippen LogP contribution in [0.4, 0.5) is 13.2 Å². The molecule has 0 spiro atoms.